The second-order valence-corrected chi connectivity index (χ2v) is 5.73. The average molecular weight is 260 g/mol. The number of rotatable bonds is 2. The van der Waals surface area contributed by atoms with E-state index in [-0.39, 0.29) is 0 Å². The third kappa shape index (κ3) is 3.80. The Balaban J connectivity index is 0.000000637. The summed E-state index contributed by atoms with van der Waals surface area (Å²) in [5.74, 6) is 0. The molecule has 19 heavy (non-hydrogen) atoms. The van der Waals surface area contributed by atoms with Crippen LogP contribution in [0.25, 0.3) is 0 Å². The van der Waals surface area contributed by atoms with Crippen molar-refractivity contribution in [1.29, 1.82) is 0 Å². The Kier molecular flexibility index (Phi) is 5.41. The van der Waals surface area contributed by atoms with Crippen LogP contribution in [0.15, 0.2) is 30.3 Å². The predicted octanol–water partition coefficient (Wildman–Crippen LogP) is 3.29. The van der Waals surface area contributed by atoms with Crippen LogP contribution in [0.2, 0.25) is 0 Å². The zero-order chi connectivity index (χ0) is 13.6. The molecule has 2 aliphatic heterocycles. The highest BCUT2D eigenvalue weighted by Crippen LogP contribution is 2.35. The highest BCUT2D eigenvalue weighted by Gasteiger charge is 2.37. The monoisotopic (exact) mass is 260 g/mol. The van der Waals surface area contributed by atoms with Crippen LogP contribution in [0.3, 0.4) is 0 Å². The first-order valence-electron chi connectivity index (χ1n) is 7.83. The second kappa shape index (κ2) is 7.06. The quantitative estimate of drug-likeness (QED) is 0.878. The van der Waals surface area contributed by atoms with Gasteiger partial charge in [-0.2, -0.15) is 0 Å². The summed E-state index contributed by atoms with van der Waals surface area (Å²) in [5, 5.41) is 3.54. The van der Waals surface area contributed by atoms with Crippen molar-refractivity contribution in [2.75, 3.05) is 26.2 Å². The lowest BCUT2D eigenvalue weighted by Crippen LogP contribution is -2.43. The predicted molar refractivity (Wildman–Crippen MR) is 82.2 cm³/mol. The number of hydrogen-bond donors (Lipinski definition) is 1. The lowest BCUT2D eigenvalue weighted by atomic mass is 9.79. The fourth-order valence-corrected chi connectivity index (χ4v) is 3.43. The molecule has 0 saturated carbocycles. The van der Waals surface area contributed by atoms with Crippen LogP contribution in [-0.2, 0) is 6.54 Å². The summed E-state index contributed by atoms with van der Waals surface area (Å²) in [6, 6.07) is 10.9. The van der Waals surface area contributed by atoms with Crippen molar-refractivity contribution in [1.82, 2.24) is 10.2 Å². The Bertz CT molecular complexity index is 355. The zero-order valence-electron chi connectivity index (χ0n) is 12.5. The first kappa shape index (κ1) is 14.5. The molecule has 1 aromatic rings. The molecule has 0 amide bonds. The van der Waals surface area contributed by atoms with Crippen LogP contribution in [-0.4, -0.2) is 31.1 Å². The fourth-order valence-electron chi connectivity index (χ4n) is 3.43. The number of likely N-dealkylation sites (tertiary alicyclic amines) is 1. The highest BCUT2D eigenvalue weighted by atomic mass is 15.1. The maximum absolute atomic E-state index is 3.54. The van der Waals surface area contributed by atoms with Gasteiger partial charge in [-0.05, 0) is 43.3 Å². The van der Waals surface area contributed by atoms with Gasteiger partial charge in [-0.15, -0.1) is 0 Å². The molecular weight excluding hydrogens is 232 g/mol. The van der Waals surface area contributed by atoms with Gasteiger partial charge in [0, 0.05) is 19.6 Å². The highest BCUT2D eigenvalue weighted by molar-refractivity contribution is 5.14. The first-order valence-corrected chi connectivity index (χ1v) is 7.83. The van der Waals surface area contributed by atoms with Crippen molar-refractivity contribution in [3.8, 4) is 0 Å². The van der Waals surface area contributed by atoms with Crippen molar-refractivity contribution >= 4 is 0 Å². The summed E-state index contributed by atoms with van der Waals surface area (Å²) in [5.41, 5.74) is 2.04. The van der Waals surface area contributed by atoms with Gasteiger partial charge in [-0.3, -0.25) is 4.90 Å². The smallest absolute Gasteiger partial charge is 0.0233 e. The summed E-state index contributed by atoms with van der Waals surface area (Å²) in [7, 11) is 0. The molecule has 2 nitrogen and oxygen atoms in total. The Morgan fingerprint density at radius 1 is 1.16 bits per heavy atom. The van der Waals surface area contributed by atoms with Gasteiger partial charge in [0.1, 0.15) is 0 Å². The van der Waals surface area contributed by atoms with Gasteiger partial charge in [-0.1, -0.05) is 44.2 Å². The molecule has 0 aromatic heterocycles. The van der Waals surface area contributed by atoms with Crippen molar-refractivity contribution in [3.63, 3.8) is 0 Å². The zero-order valence-corrected chi connectivity index (χ0v) is 12.5. The molecule has 2 saturated heterocycles. The Hall–Kier alpha value is -0.860. The van der Waals surface area contributed by atoms with E-state index >= 15 is 0 Å². The molecule has 3 rings (SSSR count). The normalized spacial score (nSPS) is 27.1. The van der Waals surface area contributed by atoms with E-state index in [1.807, 2.05) is 13.8 Å². The average Bonchev–Trinajstić information content (AvgIpc) is 2.90. The number of nitrogens with zero attached hydrogens (tertiary/aromatic N) is 1. The maximum Gasteiger partial charge on any atom is 0.0233 e. The minimum Gasteiger partial charge on any atom is -0.316 e. The molecule has 1 aromatic carbocycles. The summed E-state index contributed by atoms with van der Waals surface area (Å²) in [6.45, 7) is 10.1. The van der Waals surface area contributed by atoms with E-state index in [1.165, 1.54) is 51.0 Å². The molecule has 2 fully saturated rings. The minimum atomic E-state index is 0.590. The molecule has 1 atom stereocenters. The molecule has 2 heteroatoms. The largest absolute Gasteiger partial charge is 0.316 e. The number of piperidine rings is 1. The van der Waals surface area contributed by atoms with Gasteiger partial charge >= 0.3 is 0 Å². The lowest BCUT2D eigenvalue weighted by Gasteiger charge is -2.40. The summed E-state index contributed by atoms with van der Waals surface area (Å²) < 4.78 is 0. The number of benzene rings is 1. The molecule has 1 N–H and O–H groups in total. The molecule has 106 valence electrons. The standard InChI is InChI=1S/C15H22N2.C2H6/c1-2-5-14(6-3-1)11-17-10-4-7-15(13-17)8-9-16-12-15;1-2/h1-3,5-6,16H,4,7-13H2;1-2H3. The third-order valence-electron chi connectivity index (χ3n) is 4.32. The van der Waals surface area contributed by atoms with Crippen LogP contribution in [0.5, 0.6) is 0 Å². The maximum atomic E-state index is 3.54. The van der Waals surface area contributed by atoms with E-state index in [0.717, 1.165) is 6.54 Å². The third-order valence-corrected chi connectivity index (χ3v) is 4.32. The van der Waals surface area contributed by atoms with Crippen molar-refractivity contribution in [2.24, 2.45) is 5.41 Å². The lowest BCUT2D eigenvalue weighted by molar-refractivity contribution is 0.0978. The van der Waals surface area contributed by atoms with E-state index < -0.39 is 0 Å². The van der Waals surface area contributed by atoms with Crippen LogP contribution < -0.4 is 5.32 Å². The molecule has 2 heterocycles. The van der Waals surface area contributed by atoms with Gasteiger partial charge < -0.3 is 5.32 Å². The van der Waals surface area contributed by atoms with Gasteiger partial charge in [-0.25, -0.2) is 0 Å². The molecule has 2 aliphatic rings. The summed E-state index contributed by atoms with van der Waals surface area (Å²) >= 11 is 0. The van der Waals surface area contributed by atoms with Crippen molar-refractivity contribution in [2.45, 2.75) is 39.7 Å². The van der Waals surface area contributed by atoms with Gasteiger partial charge in [0.05, 0.1) is 0 Å². The van der Waals surface area contributed by atoms with E-state index in [2.05, 4.69) is 40.5 Å². The van der Waals surface area contributed by atoms with E-state index in [4.69, 9.17) is 0 Å². The van der Waals surface area contributed by atoms with Crippen molar-refractivity contribution < 1.29 is 0 Å². The fraction of sp³-hybridized carbons (Fsp3) is 0.647. The molecule has 1 unspecified atom stereocenters. The van der Waals surface area contributed by atoms with Crippen molar-refractivity contribution in [3.05, 3.63) is 35.9 Å². The Labute approximate surface area is 118 Å². The van der Waals surface area contributed by atoms with E-state index in [0.29, 0.717) is 5.41 Å². The van der Waals surface area contributed by atoms with Crippen LogP contribution in [0, 0.1) is 5.41 Å². The molecular formula is C17H28N2. The number of nitrogens with one attached hydrogen (secondary N) is 1. The van der Waals surface area contributed by atoms with Gasteiger partial charge in [0.2, 0.25) is 0 Å². The topological polar surface area (TPSA) is 15.3 Å². The summed E-state index contributed by atoms with van der Waals surface area (Å²) in [4.78, 5) is 2.64. The Morgan fingerprint density at radius 2 is 1.95 bits per heavy atom. The van der Waals surface area contributed by atoms with Gasteiger partial charge in [0.15, 0.2) is 0 Å². The molecule has 0 bridgehead atoms. The van der Waals surface area contributed by atoms with Crippen LogP contribution >= 0.6 is 0 Å². The Morgan fingerprint density at radius 3 is 2.63 bits per heavy atom. The van der Waals surface area contributed by atoms with E-state index in [1.54, 1.807) is 0 Å². The minimum absolute atomic E-state index is 0.590. The molecule has 1 spiro atoms. The van der Waals surface area contributed by atoms with Crippen LogP contribution in [0.1, 0.15) is 38.7 Å². The van der Waals surface area contributed by atoms with Crippen LogP contribution in [0.4, 0.5) is 0 Å². The van der Waals surface area contributed by atoms with E-state index in [9.17, 15) is 0 Å². The molecule has 0 aliphatic carbocycles. The molecule has 0 radical (unpaired) electrons. The second-order valence-electron chi connectivity index (χ2n) is 5.73. The van der Waals surface area contributed by atoms with Gasteiger partial charge in [0.25, 0.3) is 0 Å². The summed E-state index contributed by atoms with van der Waals surface area (Å²) in [6.07, 6.45) is 4.16. The number of hydrogen-bond acceptors (Lipinski definition) is 2. The first-order chi connectivity index (χ1) is 9.36. The SMILES string of the molecule is CC.c1ccc(CN2CCCC3(CCNC3)C2)cc1.